The van der Waals surface area contributed by atoms with Crippen LogP contribution in [0.15, 0.2) is 24.3 Å². The van der Waals surface area contributed by atoms with Gasteiger partial charge in [0.2, 0.25) is 11.8 Å². The van der Waals surface area contributed by atoms with Gasteiger partial charge in [-0.05, 0) is 49.9 Å². The lowest BCUT2D eigenvalue weighted by Gasteiger charge is -2.48. The fourth-order valence-corrected chi connectivity index (χ4v) is 4.55. The molecule has 1 spiro atoms. The summed E-state index contributed by atoms with van der Waals surface area (Å²) in [7, 11) is 0. The molecule has 5 nitrogen and oxygen atoms in total. The molecule has 2 amide bonds. The summed E-state index contributed by atoms with van der Waals surface area (Å²) in [4.78, 5) is 28.7. The van der Waals surface area contributed by atoms with Crippen molar-refractivity contribution in [3.63, 3.8) is 0 Å². The predicted octanol–water partition coefficient (Wildman–Crippen LogP) is 2.34. The van der Waals surface area contributed by atoms with Gasteiger partial charge in [0.25, 0.3) is 0 Å². The Labute approximate surface area is 156 Å². The average Bonchev–Trinajstić information content (AvgIpc) is 2.79. The van der Waals surface area contributed by atoms with E-state index in [0.29, 0.717) is 6.54 Å². The van der Waals surface area contributed by atoms with Gasteiger partial charge in [0.1, 0.15) is 0 Å². The Hall–Kier alpha value is -1.88. The molecule has 2 aliphatic heterocycles. The normalized spacial score (nSPS) is 23.4. The molecule has 0 radical (unpaired) electrons. The molecular formula is C21H31N3O2. The van der Waals surface area contributed by atoms with E-state index in [9.17, 15) is 9.59 Å². The van der Waals surface area contributed by atoms with Crippen molar-refractivity contribution >= 4 is 11.8 Å². The van der Waals surface area contributed by atoms with Crippen molar-refractivity contribution in [2.75, 3.05) is 26.2 Å². The lowest BCUT2D eigenvalue weighted by atomic mass is 9.80. The molecule has 1 atom stereocenters. The van der Waals surface area contributed by atoms with Gasteiger partial charge in [0, 0.05) is 25.6 Å². The zero-order chi connectivity index (χ0) is 18.6. The van der Waals surface area contributed by atoms with Gasteiger partial charge in [-0.3, -0.25) is 14.5 Å². The van der Waals surface area contributed by atoms with Crippen LogP contribution < -0.4 is 5.32 Å². The van der Waals surface area contributed by atoms with E-state index >= 15 is 0 Å². The summed E-state index contributed by atoms with van der Waals surface area (Å²) in [5, 5.41) is 2.67. The highest BCUT2D eigenvalue weighted by Crippen LogP contribution is 2.36. The summed E-state index contributed by atoms with van der Waals surface area (Å²) >= 11 is 0. The molecule has 2 heterocycles. The highest BCUT2D eigenvalue weighted by molar-refractivity contribution is 5.83. The standard InChI is InChI=1S/C21H31N3O2/c1-3-11-24-12-7-6-10-21(24)13-18-8-4-5-9-19(18)15-23(16-21)20(26)14-22-17(2)25/h4-5,8-9H,3,6-7,10-16H2,1-2H3,(H,22,25). The van der Waals surface area contributed by atoms with Crippen molar-refractivity contribution < 1.29 is 9.59 Å². The van der Waals surface area contributed by atoms with Crippen molar-refractivity contribution in [3.8, 4) is 0 Å². The largest absolute Gasteiger partial charge is 0.347 e. The van der Waals surface area contributed by atoms with Crippen LogP contribution in [0.25, 0.3) is 0 Å². The van der Waals surface area contributed by atoms with Crippen LogP contribution in [0.4, 0.5) is 0 Å². The lowest BCUT2D eigenvalue weighted by molar-refractivity contribution is -0.135. The molecule has 1 fully saturated rings. The number of carbonyl (C=O) groups is 2. The number of benzene rings is 1. The fourth-order valence-electron chi connectivity index (χ4n) is 4.55. The first-order valence-corrected chi connectivity index (χ1v) is 9.88. The van der Waals surface area contributed by atoms with Crippen LogP contribution >= 0.6 is 0 Å². The van der Waals surface area contributed by atoms with Crippen LogP contribution in [0.3, 0.4) is 0 Å². The monoisotopic (exact) mass is 357 g/mol. The number of nitrogens with zero attached hydrogens (tertiary/aromatic N) is 2. The second-order valence-electron chi connectivity index (χ2n) is 7.77. The zero-order valence-corrected chi connectivity index (χ0v) is 16.1. The third kappa shape index (κ3) is 4.09. The van der Waals surface area contributed by atoms with Gasteiger partial charge >= 0.3 is 0 Å². The van der Waals surface area contributed by atoms with E-state index in [1.807, 2.05) is 4.90 Å². The van der Waals surface area contributed by atoms with Crippen molar-refractivity contribution in [3.05, 3.63) is 35.4 Å². The molecule has 1 saturated heterocycles. The van der Waals surface area contributed by atoms with Crippen molar-refractivity contribution in [1.82, 2.24) is 15.1 Å². The molecule has 0 aliphatic carbocycles. The van der Waals surface area contributed by atoms with E-state index in [2.05, 4.69) is 41.4 Å². The maximum atomic E-state index is 12.8. The molecule has 0 aromatic heterocycles. The number of carbonyl (C=O) groups excluding carboxylic acids is 2. The Balaban J connectivity index is 1.92. The topological polar surface area (TPSA) is 52.6 Å². The molecule has 1 aromatic carbocycles. The van der Waals surface area contributed by atoms with Crippen LogP contribution in [0.5, 0.6) is 0 Å². The van der Waals surface area contributed by atoms with Gasteiger partial charge in [-0.25, -0.2) is 0 Å². The number of fused-ring (bicyclic) bond motifs is 1. The summed E-state index contributed by atoms with van der Waals surface area (Å²) in [5.41, 5.74) is 2.63. The maximum Gasteiger partial charge on any atom is 0.242 e. The smallest absolute Gasteiger partial charge is 0.242 e. The van der Waals surface area contributed by atoms with E-state index < -0.39 is 0 Å². The van der Waals surface area contributed by atoms with Gasteiger partial charge in [-0.1, -0.05) is 37.6 Å². The molecule has 1 aromatic rings. The third-order valence-corrected chi connectivity index (χ3v) is 5.81. The molecule has 2 aliphatic rings. The molecular weight excluding hydrogens is 326 g/mol. The van der Waals surface area contributed by atoms with E-state index in [4.69, 9.17) is 0 Å². The van der Waals surface area contributed by atoms with Crippen LogP contribution in [0, 0.1) is 0 Å². The third-order valence-electron chi connectivity index (χ3n) is 5.81. The molecule has 1 unspecified atom stereocenters. The van der Waals surface area contributed by atoms with Crippen molar-refractivity contribution in [2.45, 2.75) is 58.0 Å². The lowest BCUT2D eigenvalue weighted by Crippen LogP contribution is -2.59. The van der Waals surface area contributed by atoms with E-state index in [1.54, 1.807) is 0 Å². The second kappa shape index (κ2) is 8.21. The molecule has 26 heavy (non-hydrogen) atoms. The maximum absolute atomic E-state index is 12.8. The second-order valence-corrected chi connectivity index (χ2v) is 7.77. The summed E-state index contributed by atoms with van der Waals surface area (Å²) in [5.74, 6) is -0.146. The SMILES string of the molecule is CCCN1CCCCC12Cc1ccccc1CN(C(=O)CNC(C)=O)C2. The zero-order valence-electron chi connectivity index (χ0n) is 16.1. The Morgan fingerprint density at radius 1 is 1.19 bits per heavy atom. The number of hydrogen-bond acceptors (Lipinski definition) is 3. The van der Waals surface area contributed by atoms with E-state index in [0.717, 1.165) is 38.9 Å². The minimum atomic E-state index is -0.159. The molecule has 0 bridgehead atoms. The first kappa shape index (κ1) is 18.9. The minimum Gasteiger partial charge on any atom is -0.347 e. The average molecular weight is 357 g/mol. The number of rotatable bonds is 4. The highest BCUT2D eigenvalue weighted by Gasteiger charge is 2.42. The number of nitrogens with one attached hydrogen (secondary N) is 1. The van der Waals surface area contributed by atoms with Crippen LogP contribution in [-0.2, 0) is 22.6 Å². The van der Waals surface area contributed by atoms with Crippen LogP contribution in [-0.4, -0.2) is 53.3 Å². The Bertz CT molecular complexity index is 658. The van der Waals surface area contributed by atoms with Gasteiger partial charge in [0.15, 0.2) is 0 Å². The number of hydrogen-bond donors (Lipinski definition) is 1. The minimum absolute atomic E-state index is 0.0123. The Kier molecular flexibility index (Phi) is 5.97. The number of piperidine rings is 1. The fraction of sp³-hybridized carbons (Fsp3) is 0.619. The molecule has 3 rings (SSSR count). The quantitative estimate of drug-likeness (QED) is 0.900. The summed E-state index contributed by atoms with van der Waals surface area (Å²) in [6.45, 7) is 7.35. The molecule has 0 saturated carbocycles. The van der Waals surface area contributed by atoms with Crippen molar-refractivity contribution in [1.29, 1.82) is 0 Å². The predicted molar refractivity (Wildman–Crippen MR) is 103 cm³/mol. The summed E-state index contributed by atoms with van der Waals surface area (Å²) in [6.07, 6.45) is 5.72. The first-order valence-electron chi connectivity index (χ1n) is 9.88. The van der Waals surface area contributed by atoms with Gasteiger partial charge in [0.05, 0.1) is 6.54 Å². The number of amides is 2. The molecule has 5 heteroatoms. The van der Waals surface area contributed by atoms with Crippen molar-refractivity contribution in [2.24, 2.45) is 0 Å². The van der Waals surface area contributed by atoms with Gasteiger partial charge < -0.3 is 10.2 Å². The summed E-state index contributed by atoms with van der Waals surface area (Å²) < 4.78 is 0. The first-order chi connectivity index (χ1) is 12.5. The van der Waals surface area contributed by atoms with E-state index in [-0.39, 0.29) is 23.9 Å². The van der Waals surface area contributed by atoms with E-state index in [1.165, 1.54) is 30.9 Å². The Morgan fingerprint density at radius 2 is 1.96 bits per heavy atom. The molecule has 142 valence electrons. The van der Waals surface area contributed by atoms with Gasteiger partial charge in [-0.2, -0.15) is 0 Å². The van der Waals surface area contributed by atoms with Crippen LogP contribution in [0.1, 0.15) is 50.7 Å². The highest BCUT2D eigenvalue weighted by atomic mass is 16.2. The van der Waals surface area contributed by atoms with Crippen LogP contribution in [0.2, 0.25) is 0 Å². The summed E-state index contributed by atoms with van der Waals surface area (Å²) in [6, 6.07) is 8.52. The molecule has 1 N–H and O–H groups in total. The number of likely N-dealkylation sites (tertiary alicyclic amines) is 1. The van der Waals surface area contributed by atoms with Gasteiger partial charge in [-0.15, -0.1) is 0 Å². The Morgan fingerprint density at radius 3 is 2.69 bits per heavy atom.